The molecule has 0 bridgehead atoms. The molecule has 35 heavy (non-hydrogen) atoms. The summed E-state index contributed by atoms with van der Waals surface area (Å²) >= 11 is 0. The number of carbonyl (C=O) groups is 2. The van der Waals surface area contributed by atoms with Gasteiger partial charge in [-0.15, -0.1) is 0 Å². The molecule has 1 atom stereocenters. The van der Waals surface area contributed by atoms with E-state index in [9.17, 15) is 14.9 Å². The fraction of sp³-hybridized carbons (Fsp3) is 0.444. The zero-order chi connectivity index (χ0) is 25.0. The maximum absolute atomic E-state index is 12.4. The zero-order valence-corrected chi connectivity index (χ0v) is 20.2. The van der Waals surface area contributed by atoms with E-state index in [1.807, 2.05) is 24.3 Å². The van der Waals surface area contributed by atoms with Crippen LogP contribution in [-0.2, 0) is 19.1 Å². The van der Waals surface area contributed by atoms with Crippen LogP contribution in [0, 0.1) is 11.3 Å². The van der Waals surface area contributed by atoms with Gasteiger partial charge < -0.3 is 24.8 Å². The van der Waals surface area contributed by atoms with Gasteiger partial charge in [-0.2, -0.15) is 5.26 Å². The Morgan fingerprint density at radius 3 is 2.60 bits per heavy atom. The van der Waals surface area contributed by atoms with Crippen molar-refractivity contribution in [3.63, 3.8) is 0 Å². The summed E-state index contributed by atoms with van der Waals surface area (Å²) in [5.74, 6) is -0.961. The lowest BCUT2D eigenvalue weighted by Gasteiger charge is -2.29. The number of nitriles is 1. The molecular formula is C27H33N3O5. The van der Waals surface area contributed by atoms with Crippen molar-refractivity contribution in [2.45, 2.75) is 38.7 Å². The Kier molecular flexibility index (Phi) is 10.1. The van der Waals surface area contributed by atoms with E-state index in [1.165, 1.54) is 31.9 Å². The van der Waals surface area contributed by atoms with Crippen LogP contribution in [0.1, 0.15) is 38.2 Å². The molecule has 0 spiro atoms. The molecule has 1 amide bonds. The highest BCUT2D eigenvalue weighted by Gasteiger charge is 2.12. The molecule has 1 heterocycles. The van der Waals surface area contributed by atoms with Crippen LogP contribution in [0.4, 0.5) is 5.69 Å². The molecule has 8 heteroatoms. The fourth-order valence-electron chi connectivity index (χ4n) is 3.95. The molecule has 3 rings (SSSR count). The van der Waals surface area contributed by atoms with Crippen LogP contribution in [-0.4, -0.2) is 62.5 Å². The molecular weight excluding hydrogens is 446 g/mol. The third-order valence-corrected chi connectivity index (χ3v) is 5.73. The smallest absolute Gasteiger partial charge is 0.308 e. The first-order chi connectivity index (χ1) is 17.0. The lowest BCUT2D eigenvalue weighted by molar-refractivity contribution is -0.147. The Bertz CT molecular complexity index is 1080. The van der Waals surface area contributed by atoms with Gasteiger partial charge in [-0.3, -0.25) is 9.59 Å². The Hall–Kier alpha value is -3.41. The number of anilines is 1. The summed E-state index contributed by atoms with van der Waals surface area (Å²) in [5, 5.41) is 23.4. The van der Waals surface area contributed by atoms with Crippen molar-refractivity contribution < 1.29 is 24.2 Å². The monoisotopic (exact) mass is 479 g/mol. The number of piperidine rings is 1. The van der Waals surface area contributed by atoms with Gasteiger partial charge in [-0.25, -0.2) is 0 Å². The number of benzene rings is 2. The van der Waals surface area contributed by atoms with Gasteiger partial charge in [0, 0.05) is 25.3 Å². The number of esters is 1. The quantitative estimate of drug-likeness (QED) is 0.220. The van der Waals surface area contributed by atoms with E-state index in [2.05, 4.69) is 28.4 Å². The van der Waals surface area contributed by atoms with E-state index < -0.39 is 18.0 Å². The van der Waals surface area contributed by atoms with Gasteiger partial charge in [0.1, 0.15) is 18.2 Å². The van der Waals surface area contributed by atoms with Gasteiger partial charge in [-0.05, 0) is 66.8 Å². The number of nitrogens with one attached hydrogen (secondary N) is 1. The molecule has 0 aliphatic carbocycles. The van der Waals surface area contributed by atoms with Crippen LogP contribution < -0.4 is 10.2 Å². The van der Waals surface area contributed by atoms with E-state index in [-0.39, 0.29) is 38.4 Å². The average molecular weight is 480 g/mol. The molecule has 1 aliphatic heterocycles. The predicted molar refractivity (Wildman–Crippen MR) is 135 cm³/mol. The fourth-order valence-corrected chi connectivity index (χ4v) is 3.95. The van der Waals surface area contributed by atoms with Crippen LogP contribution in [0.3, 0.4) is 0 Å². The number of amides is 1. The standard InChI is InChI=1S/C27H33N3O5/c1-20(31)15-26(32)35-14-13-34-12-9-29-27(33)24(19-28)17-21-5-6-23-18-25(8-7-22(23)16-21)30-10-3-2-4-11-30/h5-8,16-18,20,31H,2-4,9-15H2,1H3,(H,29,33)/b24-17+. The van der Waals surface area contributed by atoms with Crippen molar-refractivity contribution in [3.8, 4) is 6.07 Å². The molecule has 0 aromatic heterocycles. The normalized spacial score (nSPS) is 14.9. The minimum atomic E-state index is -0.743. The van der Waals surface area contributed by atoms with Gasteiger partial charge >= 0.3 is 5.97 Å². The number of rotatable bonds is 11. The van der Waals surface area contributed by atoms with Crippen LogP contribution in [0.25, 0.3) is 16.8 Å². The number of carbonyl (C=O) groups excluding carboxylic acids is 2. The Morgan fingerprint density at radius 2 is 1.86 bits per heavy atom. The topological polar surface area (TPSA) is 112 Å². The Morgan fingerprint density at radius 1 is 1.11 bits per heavy atom. The highest BCUT2D eigenvalue weighted by Crippen LogP contribution is 2.26. The van der Waals surface area contributed by atoms with Crippen LogP contribution in [0.15, 0.2) is 42.0 Å². The molecule has 8 nitrogen and oxygen atoms in total. The summed E-state index contributed by atoms with van der Waals surface area (Å²) in [5.41, 5.74) is 2.03. The molecule has 1 aliphatic rings. The van der Waals surface area contributed by atoms with Gasteiger partial charge in [0.05, 0.1) is 25.7 Å². The van der Waals surface area contributed by atoms with Gasteiger partial charge in [0.15, 0.2) is 0 Å². The summed E-state index contributed by atoms with van der Waals surface area (Å²) in [4.78, 5) is 26.1. The van der Waals surface area contributed by atoms with Crippen molar-refractivity contribution in [2.24, 2.45) is 0 Å². The first-order valence-electron chi connectivity index (χ1n) is 12.1. The number of aliphatic hydroxyl groups excluding tert-OH is 1. The van der Waals surface area contributed by atoms with E-state index >= 15 is 0 Å². The van der Waals surface area contributed by atoms with Crippen molar-refractivity contribution in [3.05, 3.63) is 47.5 Å². The largest absolute Gasteiger partial charge is 0.463 e. The maximum atomic E-state index is 12.4. The second-order valence-electron chi connectivity index (χ2n) is 8.65. The number of hydrogen-bond donors (Lipinski definition) is 2. The van der Waals surface area contributed by atoms with E-state index in [0.29, 0.717) is 0 Å². The maximum Gasteiger partial charge on any atom is 0.308 e. The summed E-state index contributed by atoms with van der Waals surface area (Å²) in [6, 6.07) is 14.3. The molecule has 1 saturated heterocycles. The van der Waals surface area contributed by atoms with Gasteiger partial charge in [0.25, 0.3) is 5.91 Å². The molecule has 2 aromatic rings. The summed E-state index contributed by atoms with van der Waals surface area (Å²) in [6.45, 7) is 4.38. The summed E-state index contributed by atoms with van der Waals surface area (Å²) in [7, 11) is 0. The number of ether oxygens (including phenoxy) is 2. The van der Waals surface area contributed by atoms with Crippen LogP contribution in [0.2, 0.25) is 0 Å². The van der Waals surface area contributed by atoms with E-state index in [1.54, 1.807) is 6.08 Å². The summed E-state index contributed by atoms with van der Waals surface area (Å²) < 4.78 is 10.2. The highest BCUT2D eigenvalue weighted by atomic mass is 16.6. The van der Waals surface area contributed by atoms with E-state index in [0.717, 1.165) is 29.4 Å². The molecule has 2 aromatic carbocycles. The third-order valence-electron chi connectivity index (χ3n) is 5.73. The predicted octanol–water partition coefficient (Wildman–Crippen LogP) is 3.18. The lowest BCUT2D eigenvalue weighted by Crippen LogP contribution is -2.29. The Balaban J connectivity index is 1.48. The van der Waals surface area contributed by atoms with Crippen molar-refractivity contribution >= 4 is 34.4 Å². The van der Waals surface area contributed by atoms with Crippen LogP contribution in [0.5, 0.6) is 0 Å². The van der Waals surface area contributed by atoms with Crippen LogP contribution >= 0.6 is 0 Å². The summed E-state index contributed by atoms with van der Waals surface area (Å²) in [6.07, 6.45) is 4.53. The molecule has 0 saturated carbocycles. The van der Waals surface area contributed by atoms with Crippen molar-refractivity contribution in [2.75, 3.05) is 44.4 Å². The molecule has 0 radical (unpaired) electrons. The lowest BCUT2D eigenvalue weighted by atomic mass is 10.0. The highest BCUT2D eigenvalue weighted by molar-refractivity contribution is 6.02. The molecule has 2 N–H and O–H groups in total. The first-order valence-corrected chi connectivity index (χ1v) is 12.1. The first kappa shape index (κ1) is 26.2. The number of nitrogens with zero attached hydrogens (tertiary/aromatic N) is 2. The van der Waals surface area contributed by atoms with Crippen molar-refractivity contribution in [1.29, 1.82) is 5.26 Å². The van der Waals surface area contributed by atoms with Gasteiger partial charge in [-0.1, -0.05) is 18.2 Å². The molecule has 1 unspecified atom stereocenters. The minimum Gasteiger partial charge on any atom is -0.463 e. The zero-order valence-electron chi connectivity index (χ0n) is 20.2. The third kappa shape index (κ3) is 8.39. The number of hydrogen-bond acceptors (Lipinski definition) is 7. The second kappa shape index (κ2) is 13.5. The Labute approximate surface area is 206 Å². The second-order valence-corrected chi connectivity index (χ2v) is 8.65. The minimum absolute atomic E-state index is 0.0151. The average Bonchev–Trinajstić information content (AvgIpc) is 2.86. The number of aliphatic hydroxyl groups is 1. The van der Waals surface area contributed by atoms with E-state index in [4.69, 9.17) is 14.6 Å². The van der Waals surface area contributed by atoms with Gasteiger partial charge in [0.2, 0.25) is 0 Å². The molecule has 186 valence electrons. The SMILES string of the molecule is CC(O)CC(=O)OCCOCCNC(=O)/C(C#N)=C/c1ccc2cc(N3CCCCC3)ccc2c1. The van der Waals surface area contributed by atoms with Crippen molar-refractivity contribution in [1.82, 2.24) is 5.32 Å². The molecule has 1 fully saturated rings. The number of fused-ring (bicyclic) bond motifs is 1.